The van der Waals surface area contributed by atoms with Crippen molar-refractivity contribution < 1.29 is 9.53 Å². The number of carbonyl (C=O) groups is 1. The standard InChI is InChI=1S/C16H30N2O2/c1-2-10-17-14-6-8-15(9-7-14)20-13-16(19)18-11-4-3-5-12-18/h14-15,17H,2-13H2,1H3. The van der Waals surface area contributed by atoms with Crippen molar-refractivity contribution in [1.82, 2.24) is 10.2 Å². The van der Waals surface area contributed by atoms with Gasteiger partial charge in [0.1, 0.15) is 6.61 Å². The second-order valence-corrected chi connectivity index (χ2v) is 6.18. The van der Waals surface area contributed by atoms with E-state index in [4.69, 9.17) is 4.74 Å². The number of hydrogen-bond donors (Lipinski definition) is 1. The maximum atomic E-state index is 12.0. The highest BCUT2D eigenvalue weighted by molar-refractivity contribution is 5.77. The van der Waals surface area contributed by atoms with Crippen LogP contribution < -0.4 is 5.32 Å². The third-order valence-corrected chi connectivity index (χ3v) is 4.51. The van der Waals surface area contributed by atoms with E-state index in [0.717, 1.165) is 45.3 Å². The second-order valence-electron chi connectivity index (χ2n) is 6.18. The fourth-order valence-electron chi connectivity index (χ4n) is 3.21. The molecule has 1 heterocycles. The maximum absolute atomic E-state index is 12.0. The second kappa shape index (κ2) is 8.63. The van der Waals surface area contributed by atoms with Crippen LogP contribution in [0, 0.1) is 0 Å². The predicted molar refractivity (Wildman–Crippen MR) is 80.7 cm³/mol. The highest BCUT2D eigenvalue weighted by Crippen LogP contribution is 2.21. The summed E-state index contributed by atoms with van der Waals surface area (Å²) in [5.41, 5.74) is 0. The van der Waals surface area contributed by atoms with E-state index in [1.165, 1.54) is 25.7 Å². The van der Waals surface area contributed by atoms with Gasteiger partial charge in [0.05, 0.1) is 6.10 Å². The number of hydrogen-bond acceptors (Lipinski definition) is 3. The molecule has 0 spiro atoms. The van der Waals surface area contributed by atoms with Gasteiger partial charge in [0.15, 0.2) is 0 Å². The SMILES string of the molecule is CCCNC1CCC(OCC(=O)N2CCCCC2)CC1. The molecule has 0 aromatic heterocycles. The summed E-state index contributed by atoms with van der Waals surface area (Å²) in [4.78, 5) is 14.0. The summed E-state index contributed by atoms with van der Waals surface area (Å²) in [5.74, 6) is 0.191. The van der Waals surface area contributed by atoms with E-state index in [-0.39, 0.29) is 12.5 Å². The Hall–Kier alpha value is -0.610. The molecule has 20 heavy (non-hydrogen) atoms. The molecule has 0 aromatic rings. The van der Waals surface area contributed by atoms with Gasteiger partial charge in [0.25, 0.3) is 0 Å². The molecule has 1 saturated heterocycles. The monoisotopic (exact) mass is 282 g/mol. The first-order chi connectivity index (χ1) is 9.79. The van der Waals surface area contributed by atoms with Crippen LogP contribution in [-0.4, -0.2) is 49.2 Å². The van der Waals surface area contributed by atoms with Crippen molar-refractivity contribution in [3.8, 4) is 0 Å². The van der Waals surface area contributed by atoms with Gasteiger partial charge >= 0.3 is 0 Å². The summed E-state index contributed by atoms with van der Waals surface area (Å²) in [5, 5.41) is 3.58. The van der Waals surface area contributed by atoms with Crippen molar-refractivity contribution in [2.45, 2.75) is 70.4 Å². The van der Waals surface area contributed by atoms with Crippen LogP contribution in [0.25, 0.3) is 0 Å². The zero-order chi connectivity index (χ0) is 14.2. The normalized spacial score (nSPS) is 27.6. The van der Waals surface area contributed by atoms with Crippen LogP contribution in [0.5, 0.6) is 0 Å². The molecule has 2 aliphatic rings. The summed E-state index contributed by atoms with van der Waals surface area (Å²) in [7, 11) is 0. The molecule has 1 amide bonds. The van der Waals surface area contributed by atoms with Crippen LogP contribution in [0.15, 0.2) is 0 Å². The van der Waals surface area contributed by atoms with Crippen molar-refractivity contribution in [2.24, 2.45) is 0 Å². The van der Waals surface area contributed by atoms with Crippen LogP contribution in [0.3, 0.4) is 0 Å². The number of ether oxygens (including phenoxy) is 1. The quantitative estimate of drug-likeness (QED) is 0.813. The lowest BCUT2D eigenvalue weighted by Crippen LogP contribution is -2.40. The fourth-order valence-corrected chi connectivity index (χ4v) is 3.21. The number of amides is 1. The minimum absolute atomic E-state index is 0.191. The van der Waals surface area contributed by atoms with Gasteiger partial charge in [-0.05, 0) is 57.9 Å². The molecule has 1 aliphatic carbocycles. The highest BCUT2D eigenvalue weighted by Gasteiger charge is 2.23. The van der Waals surface area contributed by atoms with Crippen molar-refractivity contribution in [3.63, 3.8) is 0 Å². The first-order valence-corrected chi connectivity index (χ1v) is 8.42. The molecule has 2 rings (SSSR count). The predicted octanol–water partition coefficient (Wildman–Crippen LogP) is 2.33. The zero-order valence-electron chi connectivity index (χ0n) is 12.9. The Balaban J connectivity index is 1.59. The molecule has 2 fully saturated rings. The van der Waals surface area contributed by atoms with Crippen LogP contribution in [-0.2, 0) is 9.53 Å². The number of rotatable bonds is 6. The Morgan fingerprint density at radius 1 is 1.15 bits per heavy atom. The van der Waals surface area contributed by atoms with Crippen molar-refractivity contribution in [3.05, 3.63) is 0 Å². The van der Waals surface area contributed by atoms with Gasteiger partial charge in [0, 0.05) is 19.1 Å². The van der Waals surface area contributed by atoms with Crippen molar-refractivity contribution >= 4 is 5.91 Å². The minimum atomic E-state index is 0.191. The third-order valence-electron chi connectivity index (χ3n) is 4.51. The van der Waals surface area contributed by atoms with E-state index in [2.05, 4.69) is 12.2 Å². The summed E-state index contributed by atoms with van der Waals surface area (Å²) in [6.07, 6.45) is 9.61. The Morgan fingerprint density at radius 3 is 2.50 bits per heavy atom. The lowest BCUT2D eigenvalue weighted by molar-refractivity contribution is -0.139. The third kappa shape index (κ3) is 5.06. The molecule has 1 saturated carbocycles. The van der Waals surface area contributed by atoms with E-state index in [1.807, 2.05) is 4.90 Å². The number of piperidine rings is 1. The molecule has 0 radical (unpaired) electrons. The number of nitrogens with one attached hydrogen (secondary N) is 1. The average Bonchev–Trinajstić information content (AvgIpc) is 2.52. The Morgan fingerprint density at radius 2 is 1.85 bits per heavy atom. The van der Waals surface area contributed by atoms with Gasteiger partial charge in [-0.2, -0.15) is 0 Å². The zero-order valence-corrected chi connectivity index (χ0v) is 12.9. The van der Waals surface area contributed by atoms with Gasteiger partial charge in [-0.1, -0.05) is 6.92 Å². The Bertz CT molecular complexity index is 282. The van der Waals surface area contributed by atoms with Crippen LogP contribution in [0.4, 0.5) is 0 Å². The van der Waals surface area contributed by atoms with E-state index >= 15 is 0 Å². The molecule has 0 aromatic carbocycles. The Kier molecular flexibility index (Phi) is 6.80. The largest absolute Gasteiger partial charge is 0.368 e. The molecule has 0 bridgehead atoms. The minimum Gasteiger partial charge on any atom is -0.368 e. The van der Waals surface area contributed by atoms with Crippen LogP contribution >= 0.6 is 0 Å². The highest BCUT2D eigenvalue weighted by atomic mass is 16.5. The maximum Gasteiger partial charge on any atom is 0.248 e. The number of carbonyl (C=O) groups excluding carboxylic acids is 1. The smallest absolute Gasteiger partial charge is 0.248 e. The van der Waals surface area contributed by atoms with Crippen molar-refractivity contribution in [1.29, 1.82) is 0 Å². The molecule has 116 valence electrons. The summed E-state index contributed by atoms with van der Waals surface area (Å²) in [6.45, 7) is 5.46. The topological polar surface area (TPSA) is 41.6 Å². The average molecular weight is 282 g/mol. The Labute approximate surface area is 123 Å². The fraction of sp³-hybridized carbons (Fsp3) is 0.938. The number of likely N-dealkylation sites (tertiary alicyclic amines) is 1. The molecule has 1 N–H and O–H groups in total. The molecule has 1 aliphatic heterocycles. The summed E-state index contributed by atoms with van der Waals surface area (Å²) >= 11 is 0. The first-order valence-electron chi connectivity index (χ1n) is 8.42. The van der Waals surface area contributed by atoms with E-state index in [1.54, 1.807) is 0 Å². The summed E-state index contributed by atoms with van der Waals surface area (Å²) in [6, 6.07) is 0.660. The van der Waals surface area contributed by atoms with Crippen LogP contribution in [0.1, 0.15) is 58.3 Å². The van der Waals surface area contributed by atoms with Gasteiger partial charge in [0.2, 0.25) is 5.91 Å². The number of nitrogens with zero attached hydrogens (tertiary/aromatic N) is 1. The lowest BCUT2D eigenvalue weighted by atomic mass is 9.93. The van der Waals surface area contributed by atoms with Gasteiger partial charge in [-0.25, -0.2) is 0 Å². The van der Waals surface area contributed by atoms with E-state index < -0.39 is 0 Å². The molecule has 4 nitrogen and oxygen atoms in total. The molecule has 0 unspecified atom stereocenters. The van der Waals surface area contributed by atoms with Gasteiger partial charge in [-0.3, -0.25) is 4.79 Å². The van der Waals surface area contributed by atoms with Gasteiger partial charge in [-0.15, -0.1) is 0 Å². The van der Waals surface area contributed by atoms with Crippen molar-refractivity contribution in [2.75, 3.05) is 26.2 Å². The lowest BCUT2D eigenvalue weighted by Gasteiger charge is -2.31. The molecular formula is C16H30N2O2. The molecule has 4 heteroatoms. The molecular weight excluding hydrogens is 252 g/mol. The molecule has 0 atom stereocenters. The van der Waals surface area contributed by atoms with Crippen LogP contribution in [0.2, 0.25) is 0 Å². The first kappa shape index (κ1) is 15.8. The van der Waals surface area contributed by atoms with Gasteiger partial charge < -0.3 is 15.0 Å². The summed E-state index contributed by atoms with van der Waals surface area (Å²) < 4.78 is 5.83. The van der Waals surface area contributed by atoms with E-state index in [0.29, 0.717) is 12.1 Å². The van der Waals surface area contributed by atoms with E-state index in [9.17, 15) is 4.79 Å².